The van der Waals surface area contributed by atoms with Gasteiger partial charge in [-0.15, -0.1) is 11.3 Å². The number of nitrogens with zero attached hydrogens (tertiary/aromatic N) is 1. The van der Waals surface area contributed by atoms with Gasteiger partial charge in [-0.05, 0) is 34.1 Å². The highest BCUT2D eigenvalue weighted by atomic mass is 79.9. The lowest BCUT2D eigenvalue weighted by atomic mass is 10.2. The summed E-state index contributed by atoms with van der Waals surface area (Å²) in [6, 6.07) is 5.24. The predicted molar refractivity (Wildman–Crippen MR) is 79.9 cm³/mol. The summed E-state index contributed by atoms with van der Waals surface area (Å²) >= 11 is 10.6. The van der Waals surface area contributed by atoms with Crippen molar-refractivity contribution in [2.24, 2.45) is 0 Å². The fraction of sp³-hybridized carbons (Fsp3) is 0.167. The number of hydrogen-bond acceptors (Lipinski definition) is 5. The number of methoxy groups -OCH3 is 1. The SMILES string of the molecule is COC(=O)c1ccc(NCc2cnc(Cl)s2)c(Br)c1. The summed E-state index contributed by atoms with van der Waals surface area (Å²) in [6.45, 7) is 0.626. The zero-order valence-electron chi connectivity index (χ0n) is 9.94. The molecule has 2 aromatic rings. The molecule has 0 radical (unpaired) electrons. The molecular weight excluding hydrogens is 352 g/mol. The van der Waals surface area contributed by atoms with Gasteiger partial charge >= 0.3 is 5.97 Å². The number of thiazole rings is 1. The number of benzene rings is 1. The smallest absolute Gasteiger partial charge is 0.337 e. The first-order valence-corrected chi connectivity index (χ1v) is 7.31. The van der Waals surface area contributed by atoms with Gasteiger partial charge in [0.15, 0.2) is 4.47 Å². The van der Waals surface area contributed by atoms with Crippen molar-refractivity contribution in [2.75, 3.05) is 12.4 Å². The largest absolute Gasteiger partial charge is 0.465 e. The molecule has 100 valence electrons. The van der Waals surface area contributed by atoms with E-state index in [0.717, 1.165) is 15.0 Å². The molecule has 0 spiro atoms. The molecule has 2 rings (SSSR count). The summed E-state index contributed by atoms with van der Waals surface area (Å²) in [6.07, 6.45) is 1.73. The van der Waals surface area contributed by atoms with Crippen molar-refractivity contribution in [1.82, 2.24) is 4.98 Å². The molecule has 4 nitrogen and oxygen atoms in total. The molecular formula is C12H10BrClN2O2S. The molecule has 0 aliphatic carbocycles. The van der Waals surface area contributed by atoms with Gasteiger partial charge < -0.3 is 10.1 Å². The predicted octanol–water partition coefficient (Wildman–Crippen LogP) is 3.96. The Morgan fingerprint density at radius 3 is 2.95 bits per heavy atom. The second kappa shape index (κ2) is 6.36. The molecule has 0 bridgehead atoms. The summed E-state index contributed by atoms with van der Waals surface area (Å²) in [5, 5.41) is 3.24. The molecule has 7 heteroatoms. The number of esters is 1. The van der Waals surface area contributed by atoms with E-state index in [-0.39, 0.29) is 5.97 Å². The second-order valence-electron chi connectivity index (χ2n) is 3.62. The molecule has 0 aliphatic heterocycles. The standard InChI is InChI=1S/C12H10BrClN2O2S/c1-18-11(17)7-2-3-10(9(13)4-7)15-5-8-6-16-12(14)19-8/h2-4,6,15H,5H2,1H3. The Hall–Kier alpha value is -1.11. The van der Waals surface area contributed by atoms with Gasteiger partial charge in [-0.2, -0.15) is 0 Å². The third-order valence-corrected chi connectivity index (χ3v) is 4.14. The van der Waals surface area contributed by atoms with E-state index in [4.69, 9.17) is 11.6 Å². The summed E-state index contributed by atoms with van der Waals surface area (Å²) in [5.41, 5.74) is 1.39. The van der Waals surface area contributed by atoms with Crippen LogP contribution in [0, 0.1) is 0 Å². The quantitative estimate of drug-likeness (QED) is 0.838. The molecule has 1 N–H and O–H groups in total. The minimum absolute atomic E-state index is 0.360. The Morgan fingerprint density at radius 2 is 2.37 bits per heavy atom. The van der Waals surface area contributed by atoms with E-state index in [0.29, 0.717) is 16.6 Å². The van der Waals surface area contributed by atoms with Crippen LogP contribution in [-0.4, -0.2) is 18.1 Å². The molecule has 1 aromatic carbocycles. The highest BCUT2D eigenvalue weighted by molar-refractivity contribution is 9.10. The van der Waals surface area contributed by atoms with Crippen LogP contribution in [0.4, 0.5) is 5.69 Å². The van der Waals surface area contributed by atoms with E-state index < -0.39 is 0 Å². The topological polar surface area (TPSA) is 51.2 Å². The fourth-order valence-electron chi connectivity index (χ4n) is 1.45. The Balaban J connectivity index is 2.07. The van der Waals surface area contributed by atoms with Gasteiger partial charge in [-0.1, -0.05) is 11.6 Å². The highest BCUT2D eigenvalue weighted by Crippen LogP contribution is 2.25. The molecule has 1 aromatic heterocycles. The first-order chi connectivity index (χ1) is 9.10. The number of rotatable bonds is 4. The first kappa shape index (κ1) is 14.3. The van der Waals surface area contributed by atoms with Gasteiger partial charge in [0.25, 0.3) is 0 Å². The van der Waals surface area contributed by atoms with Gasteiger partial charge in [-0.3, -0.25) is 0 Å². The maximum Gasteiger partial charge on any atom is 0.337 e. The molecule has 0 amide bonds. The van der Waals surface area contributed by atoms with Crippen LogP contribution in [-0.2, 0) is 11.3 Å². The van der Waals surface area contributed by atoms with Crippen molar-refractivity contribution in [3.8, 4) is 0 Å². The Kier molecular flexibility index (Phi) is 4.79. The van der Waals surface area contributed by atoms with Gasteiger partial charge in [0.05, 0.1) is 19.2 Å². The van der Waals surface area contributed by atoms with E-state index in [2.05, 4.69) is 31.0 Å². The van der Waals surface area contributed by atoms with Crippen LogP contribution in [0.25, 0.3) is 0 Å². The number of aromatic nitrogens is 1. The van der Waals surface area contributed by atoms with Crippen molar-refractivity contribution < 1.29 is 9.53 Å². The van der Waals surface area contributed by atoms with Crippen LogP contribution in [0.2, 0.25) is 4.47 Å². The van der Waals surface area contributed by atoms with Crippen LogP contribution in [0.15, 0.2) is 28.9 Å². The van der Waals surface area contributed by atoms with Gasteiger partial charge in [0, 0.05) is 21.2 Å². The van der Waals surface area contributed by atoms with Crippen LogP contribution in [0.3, 0.4) is 0 Å². The van der Waals surface area contributed by atoms with Crippen LogP contribution in [0.1, 0.15) is 15.2 Å². The highest BCUT2D eigenvalue weighted by Gasteiger charge is 2.08. The lowest BCUT2D eigenvalue weighted by Gasteiger charge is -2.08. The average molecular weight is 362 g/mol. The monoisotopic (exact) mass is 360 g/mol. The van der Waals surface area contributed by atoms with Crippen LogP contribution < -0.4 is 5.32 Å². The number of carbonyl (C=O) groups is 1. The number of carbonyl (C=O) groups excluding carboxylic acids is 1. The summed E-state index contributed by atoms with van der Waals surface area (Å²) in [5.74, 6) is -0.360. The number of ether oxygens (including phenoxy) is 1. The Labute approximate surface area is 127 Å². The van der Waals surface area contributed by atoms with E-state index in [1.54, 1.807) is 18.3 Å². The molecule has 0 atom stereocenters. The number of hydrogen-bond donors (Lipinski definition) is 1. The minimum Gasteiger partial charge on any atom is -0.465 e. The summed E-state index contributed by atoms with van der Waals surface area (Å²) in [7, 11) is 1.36. The minimum atomic E-state index is -0.360. The molecule has 0 unspecified atom stereocenters. The molecule has 0 fully saturated rings. The number of anilines is 1. The van der Waals surface area contributed by atoms with Crippen LogP contribution >= 0.6 is 38.9 Å². The zero-order chi connectivity index (χ0) is 13.8. The molecule has 0 saturated heterocycles. The van der Waals surface area contributed by atoms with Crippen molar-refractivity contribution in [3.05, 3.63) is 43.8 Å². The van der Waals surface area contributed by atoms with E-state index in [1.165, 1.54) is 18.4 Å². The van der Waals surface area contributed by atoms with E-state index in [1.807, 2.05) is 6.07 Å². The van der Waals surface area contributed by atoms with Gasteiger partial charge in [0.2, 0.25) is 0 Å². The third kappa shape index (κ3) is 3.68. The number of halogens is 2. The molecule has 19 heavy (non-hydrogen) atoms. The molecule has 1 heterocycles. The summed E-state index contributed by atoms with van der Waals surface area (Å²) in [4.78, 5) is 16.4. The van der Waals surface area contributed by atoms with Crippen molar-refractivity contribution >= 4 is 50.5 Å². The second-order valence-corrected chi connectivity index (χ2v) is 6.17. The van der Waals surface area contributed by atoms with Gasteiger partial charge in [0.1, 0.15) is 0 Å². The van der Waals surface area contributed by atoms with E-state index in [9.17, 15) is 4.79 Å². The lowest BCUT2D eigenvalue weighted by molar-refractivity contribution is 0.0600. The summed E-state index contributed by atoms with van der Waals surface area (Å²) < 4.78 is 5.98. The maximum atomic E-state index is 11.4. The zero-order valence-corrected chi connectivity index (χ0v) is 13.1. The third-order valence-electron chi connectivity index (χ3n) is 2.37. The first-order valence-electron chi connectivity index (χ1n) is 5.32. The lowest BCUT2D eigenvalue weighted by Crippen LogP contribution is -2.03. The van der Waals surface area contributed by atoms with Crippen LogP contribution in [0.5, 0.6) is 0 Å². The van der Waals surface area contributed by atoms with Crippen molar-refractivity contribution in [2.45, 2.75) is 6.54 Å². The Morgan fingerprint density at radius 1 is 1.58 bits per heavy atom. The van der Waals surface area contributed by atoms with Gasteiger partial charge in [-0.25, -0.2) is 9.78 Å². The normalized spacial score (nSPS) is 10.3. The fourth-order valence-corrected chi connectivity index (χ4v) is 2.89. The van der Waals surface area contributed by atoms with Crippen molar-refractivity contribution in [1.29, 1.82) is 0 Å². The van der Waals surface area contributed by atoms with Crippen molar-refractivity contribution in [3.63, 3.8) is 0 Å². The molecule has 0 aliphatic rings. The maximum absolute atomic E-state index is 11.4. The molecule has 0 saturated carbocycles. The average Bonchev–Trinajstić information content (AvgIpc) is 2.82. The van der Waals surface area contributed by atoms with E-state index >= 15 is 0 Å². The number of nitrogens with one attached hydrogen (secondary N) is 1. The Bertz CT molecular complexity index is 603.